The van der Waals surface area contributed by atoms with Crippen molar-refractivity contribution >= 4 is 47.7 Å². The van der Waals surface area contributed by atoms with Crippen molar-refractivity contribution in [2.24, 2.45) is 0 Å². The van der Waals surface area contributed by atoms with Crippen molar-refractivity contribution in [2.45, 2.75) is 5.33 Å². The predicted octanol–water partition coefficient (Wildman–Crippen LogP) is 2.22. The van der Waals surface area contributed by atoms with Crippen molar-refractivity contribution in [3.8, 4) is 0 Å². The summed E-state index contributed by atoms with van der Waals surface area (Å²) in [5.41, 5.74) is 1.39. The summed E-state index contributed by atoms with van der Waals surface area (Å²) in [6.45, 7) is 0. The van der Waals surface area contributed by atoms with Crippen LogP contribution in [0.15, 0.2) is 24.3 Å². The molecule has 1 rings (SSSR count). The van der Waals surface area contributed by atoms with Crippen LogP contribution >= 0.6 is 30.0 Å². The molecule has 0 aliphatic carbocycles. The number of hydrogen-bond acceptors (Lipinski definition) is 0. The summed E-state index contributed by atoms with van der Waals surface area (Å²) in [6, 6.07) is 8.45. The normalized spacial score (nSPS) is 9.80. The van der Waals surface area contributed by atoms with Crippen molar-refractivity contribution in [1.29, 1.82) is 0 Å². The third-order valence-electron chi connectivity index (χ3n) is 1.20. The Labute approximate surface area is 82.4 Å². The van der Waals surface area contributed by atoms with Crippen molar-refractivity contribution in [3.63, 3.8) is 0 Å². The third-order valence-corrected chi connectivity index (χ3v) is 4.80. The predicted molar refractivity (Wildman–Crippen MR) is 53.4 cm³/mol. The Balaban J connectivity index is 2.96. The molecule has 0 nitrogen and oxygen atoms in total. The fourth-order valence-corrected chi connectivity index (χ4v) is 4.01. The zero-order chi connectivity index (χ0) is 7.40. The third kappa shape index (κ3) is 2.09. The molecule has 0 saturated carbocycles. The topological polar surface area (TPSA) is 0 Å². The van der Waals surface area contributed by atoms with Crippen LogP contribution in [-0.4, -0.2) is 13.1 Å². The number of alkyl halides is 1. The molecule has 0 unspecified atom stereocenters. The summed E-state index contributed by atoms with van der Waals surface area (Å²) < 4.78 is 1.42. The fourth-order valence-electron chi connectivity index (χ4n) is 0.689. The van der Waals surface area contributed by atoms with Crippen LogP contribution in [-0.2, 0) is 5.33 Å². The molecule has 1 aromatic carbocycles. The first-order valence-electron chi connectivity index (χ1n) is 2.81. The second-order valence-electron chi connectivity index (χ2n) is 1.82. The molecule has 0 heterocycles. The summed E-state index contributed by atoms with van der Waals surface area (Å²) in [5, 5.41) is 0.955. The van der Waals surface area contributed by atoms with Gasteiger partial charge in [-0.05, 0) is 0 Å². The van der Waals surface area contributed by atoms with E-state index < -0.39 is 0 Å². The molecule has 0 aliphatic heterocycles. The van der Waals surface area contributed by atoms with Crippen LogP contribution in [0.2, 0.25) is 0 Å². The van der Waals surface area contributed by atoms with Crippen LogP contribution in [0.25, 0.3) is 0 Å². The summed E-state index contributed by atoms with van der Waals surface area (Å²) in [6.07, 6.45) is 0. The van der Waals surface area contributed by atoms with Crippen LogP contribution in [0.3, 0.4) is 0 Å². The van der Waals surface area contributed by atoms with Gasteiger partial charge in [-0.3, -0.25) is 0 Å². The Kier molecular flexibility index (Phi) is 4.00. The first kappa shape index (κ1) is 8.79. The summed E-state index contributed by atoms with van der Waals surface area (Å²) in [4.78, 5) is 0. The quantitative estimate of drug-likeness (QED) is 0.577. The van der Waals surface area contributed by atoms with Gasteiger partial charge in [0.2, 0.25) is 0 Å². The molecule has 0 aliphatic rings. The maximum absolute atomic E-state index is 3.49. The monoisotopic (exact) mass is 328 g/mol. The minimum absolute atomic E-state index is 0.442. The van der Waals surface area contributed by atoms with E-state index in [1.54, 1.807) is 0 Å². The van der Waals surface area contributed by atoms with Gasteiger partial charge in [-0.1, -0.05) is 0 Å². The van der Waals surface area contributed by atoms with Gasteiger partial charge in [0.15, 0.2) is 0 Å². The number of benzene rings is 1. The number of halogens is 2. The van der Waals surface area contributed by atoms with E-state index in [4.69, 9.17) is 0 Å². The molecular weight excluding hydrogens is 323 g/mol. The van der Waals surface area contributed by atoms with Gasteiger partial charge in [0.1, 0.15) is 0 Å². The van der Waals surface area contributed by atoms with Gasteiger partial charge in [-0.25, -0.2) is 0 Å². The molecule has 0 radical (unpaired) electrons. The van der Waals surface area contributed by atoms with Crippen molar-refractivity contribution in [1.82, 2.24) is 0 Å². The molecule has 54 valence electrons. The average molecular weight is 329 g/mol. The Bertz CT molecular complexity index is 190. The molecule has 0 N–H and O–H groups in total. The molecule has 0 bridgehead atoms. The maximum atomic E-state index is 3.49. The van der Waals surface area contributed by atoms with E-state index in [1.165, 1.54) is 10.0 Å². The van der Waals surface area contributed by atoms with E-state index in [9.17, 15) is 0 Å². The Morgan fingerprint density at radius 2 is 2.00 bits per heavy atom. The summed E-state index contributed by atoms with van der Waals surface area (Å²) in [5.74, 6) is 0. The molecule has 0 saturated heterocycles. The molecule has 0 fully saturated rings. The number of hydrogen-bond donors (Lipinski definition) is 0. The molecule has 0 spiro atoms. The van der Waals surface area contributed by atoms with E-state index in [0.29, 0.717) is 13.1 Å². The SMILES string of the molecule is BrCc1ccccc1[Se]Br. The van der Waals surface area contributed by atoms with E-state index >= 15 is 0 Å². The van der Waals surface area contributed by atoms with Crippen LogP contribution in [0.1, 0.15) is 5.56 Å². The van der Waals surface area contributed by atoms with Crippen LogP contribution in [0.5, 0.6) is 0 Å². The summed E-state index contributed by atoms with van der Waals surface area (Å²) >= 11 is 7.37. The summed E-state index contributed by atoms with van der Waals surface area (Å²) in [7, 11) is 0. The van der Waals surface area contributed by atoms with Gasteiger partial charge >= 0.3 is 82.8 Å². The second-order valence-corrected chi connectivity index (χ2v) is 5.31. The Morgan fingerprint density at radius 1 is 1.30 bits per heavy atom. The Hall–Kier alpha value is 0.699. The van der Waals surface area contributed by atoms with Crippen LogP contribution in [0, 0.1) is 0 Å². The van der Waals surface area contributed by atoms with E-state index in [-0.39, 0.29) is 0 Å². The van der Waals surface area contributed by atoms with Crippen LogP contribution < -0.4 is 4.46 Å². The molecule has 3 heteroatoms. The fraction of sp³-hybridized carbons (Fsp3) is 0.143. The molecule has 1 aromatic rings. The minimum atomic E-state index is 0.442. The van der Waals surface area contributed by atoms with Crippen LogP contribution in [0.4, 0.5) is 0 Å². The standard InChI is InChI=1S/C7H6Br2Se/c8-5-6-3-1-2-4-7(6)10-9/h1-4H,5H2. The first-order chi connectivity index (χ1) is 4.88. The number of rotatable bonds is 2. The molecular formula is C7H6Br2Se. The molecule has 10 heavy (non-hydrogen) atoms. The van der Waals surface area contributed by atoms with Gasteiger partial charge in [0, 0.05) is 0 Å². The van der Waals surface area contributed by atoms with E-state index in [2.05, 4.69) is 54.3 Å². The van der Waals surface area contributed by atoms with E-state index in [1.807, 2.05) is 0 Å². The van der Waals surface area contributed by atoms with Gasteiger partial charge in [0.05, 0.1) is 0 Å². The van der Waals surface area contributed by atoms with Crippen molar-refractivity contribution in [3.05, 3.63) is 29.8 Å². The molecule has 0 amide bonds. The van der Waals surface area contributed by atoms with Gasteiger partial charge in [-0.15, -0.1) is 0 Å². The molecule has 0 aromatic heterocycles. The van der Waals surface area contributed by atoms with E-state index in [0.717, 1.165) is 5.33 Å². The van der Waals surface area contributed by atoms with Gasteiger partial charge in [0.25, 0.3) is 0 Å². The molecule has 0 atom stereocenters. The zero-order valence-electron chi connectivity index (χ0n) is 5.18. The first-order valence-corrected chi connectivity index (χ1v) is 8.80. The average Bonchev–Trinajstić information content (AvgIpc) is 2.04. The van der Waals surface area contributed by atoms with Crippen molar-refractivity contribution < 1.29 is 0 Å². The van der Waals surface area contributed by atoms with Gasteiger partial charge < -0.3 is 0 Å². The zero-order valence-corrected chi connectivity index (χ0v) is 10.1. The van der Waals surface area contributed by atoms with Gasteiger partial charge in [-0.2, -0.15) is 0 Å². The Morgan fingerprint density at radius 3 is 2.50 bits per heavy atom. The second kappa shape index (κ2) is 4.55. The van der Waals surface area contributed by atoms with Crippen molar-refractivity contribution in [2.75, 3.05) is 0 Å².